The fraction of sp³-hybridized carbons (Fsp3) is 1.00. The van der Waals surface area contributed by atoms with Crippen LogP contribution in [0.1, 0.15) is 6.92 Å². The molecule has 0 aromatic rings. The van der Waals surface area contributed by atoms with E-state index in [1.165, 1.54) is 0 Å². The summed E-state index contributed by atoms with van der Waals surface area (Å²) in [5.74, 6) is 0.288. The van der Waals surface area contributed by atoms with Crippen molar-refractivity contribution < 1.29 is 10.2 Å². The molecular formula is C6H15NO2. The summed E-state index contributed by atoms with van der Waals surface area (Å²) in [6.45, 7) is 3.71. The minimum absolute atomic E-state index is 0.165. The van der Waals surface area contributed by atoms with Crippen LogP contribution in [-0.4, -0.2) is 36.5 Å². The fourth-order valence-electron chi connectivity index (χ4n) is 0.492. The molecular weight excluding hydrogens is 118 g/mol. The highest BCUT2D eigenvalue weighted by atomic mass is 16.3. The number of aliphatic hydroxyl groups is 2. The Bertz CT molecular complexity index is 59.0. The van der Waals surface area contributed by atoms with Crippen LogP contribution in [0.2, 0.25) is 0 Å². The van der Waals surface area contributed by atoms with Crippen molar-refractivity contribution in [3.8, 4) is 0 Å². The van der Waals surface area contributed by atoms with Crippen molar-refractivity contribution in [1.29, 1.82) is 0 Å². The summed E-state index contributed by atoms with van der Waals surface area (Å²) in [6, 6.07) is 0. The molecule has 1 atom stereocenters. The van der Waals surface area contributed by atoms with Gasteiger partial charge >= 0.3 is 0 Å². The molecule has 0 saturated carbocycles. The van der Waals surface area contributed by atoms with Crippen LogP contribution >= 0.6 is 0 Å². The lowest BCUT2D eigenvalue weighted by molar-refractivity contribution is 0.228. The number of nitrogens with one attached hydrogen (secondary N) is 1. The molecule has 0 radical (unpaired) electrons. The van der Waals surface area contributed by atoms with Crippen molar-refractivity contribution in [2.24, 2.45) is 5.92 Å². The third-order valence-corrected chi connectivity index (χ3v) is 1.09. The molecule has 0 aromatic heterocycles. The lowest BCUT2D eigenvalue weighted by atomic mass is 10.2. The van der Waals surface area contributed by atoms with E-state index in [-0.39, 0.29) is 19.1 Å². The van der Waals surface area contributed by atoms with Crippen LogP contribution in [0.5, 0.6) is 0 Å². The molecule has 1 unspecified atom stereocenters. The van der Waals surface area contributed by atoms with Gasteiger partial charge in [0.15, 0.2) is 0 Å². The average Bonchev–Trinajstić information content (AvgIpc) is 1.89. The Balaban J connectivity index is 2.88. The molecule has 0 fully saturated rings. The molecule has 0 heterocycles. The average molecular weight is 133 g/mol. The van der Waals surface area contributed by atoms with Gasteiger partial charge in [-0.05, 0) is 12.5 Å². The minimum atomic E-state index is 0.165. The predicted octanol–water partition coefficient (Wildman–Crippen LogP) is -0.803. The van der Waals surface area contributed by atoms with Gasteiger partial charge in [-0.3, -0.25) is 0 Å². The molecule has 0 amide bonds. The second-order valence-electron chi connectivity index (χ2n) is 2.22. The lowest BCUT2D eigenvalue weighted by Crippen LogP contribution is -2.25. The quantitative estimate of drug-likeness (QED) is 0.430. The van der Waals surface area contributed by atoms with Crippen molar-refractivity contribution >= 4 is 0 Å². The molecule has 0 spiro atoms. The standard InChI is InChI=1S/C6H15NO2/c1-6(5-9)4-7-2-3-8/h6-9H,2-5H2,1H3. The maximum absolute atomic E-state index is 8.53. The van der Waals surface area contributed by atoms with Crippen LogP contribution in [-0.2, 0) is 0 Å². The molecule has 0 aliphatic rings. The van der Waals surface area contributed by atoms with Crippen molar-refractivity contribution in [1.82, 2.24) is 5.32 Å². The largest absolute Gasteiger partial charge is 0.396 e. The highest BCUT2D eigenvalue weighted by Crippen LogP contribution is 1.86. The molecule has 3 nitrogen and oxygen atoms in total. The Morgan fingerprint density at radius 3 is 2.56 bits per heavy atom. The topological polar surface area (TPSA) is 52.5 Å². The molecule has 3 heteroatoms. The Labute approximate surface area is 55.7 Å². The molecule has 0 aliphatic carbocycles. The first-order valence-corrected chi connectivity index (χ1v) is 3.23. The third-order valence-electron chi connectivity index (χ3n) is 1.09. The molecule has 0 saturated heterocycles. The monoisotopic (exact) mass is 133 g/mol. The first-order chi connectivity index (χ1) is 4.31. The predicted molar refractivity (Wildman–Crippen MR) is 36.2 cm³/mol. The van der Waals surface area contributed by atoms with Gasteiger partial charge < -0.3 is 15.5 Å². The van der Waals surface area contributed by atoms with Gasteiger partial charge in [0, 0.05) is 13.2 Å². The molecule has 3 N–H and O–H groups in total. The van der Waals surface area contributed by atoms with Crippen LogP contribution in [0.25, 0.3) is 0 Å². The minimum Gasteiger partial charge on any atom is -0.396 e. The van der Waals surface area contributed by atoms with E-state index >= 15 is 0 Å². The van der Waals surface area contributed by atoms with Gasteiger partial charge in [-0.2, -0.15) is 0 Å². The SMILES string of the molecule is CC(CO)CNCCO. The van der Waals surface area contributed by atoms with Crippen molar-refractivity contribution in [2.75, 3.05) is 26.3 Å². The Kier molecular flexibility index (Phi) is 5.93. The zero-order chi connectivity index (χ0) is 7.11. The van der Waals surface area contributed by atoms with Crippen LogP contribution in [0, 0.1) is 5.92 Å². The maximum atomic E-state index is 8.53. The summed E-state index contributed by atoms with van der Waals surface area (Å²) in [5, 5.41) is 19.8. The first-order valence-electron chi connectivity index (χ1n) is 3.23. The summed E-state index contributed by atoms with van der Waals surface area (Å²) >= 11 is 0. The van der Waals surface area contributed by atoms with E-state index < -0.39 is 0 Å². The van der Waals surface area contributed by atoms with E-state index in [1.807, 2.05) is 6.92 Å². The van der Waals surface area contributed by atoms with E-state index in [4.69, 9.17) is 10.2 Å². The zero-order valence-corrected chi connectivity index (χ0v) is 5.80. The normalized spacial score (nSPS) is 13.7. The van der Waals surface area contributed by atoms with Gasteiger partial charge in [-0.1, -0.05) is 6.92 Å². The molecule has 56 valence electrons. The van der Waals surface area contributed by atoms with Crippen LogP contribution in [0.4, 0.5) is 0 Å². The maximum Gasteiger partial charge on any atom is 0.0555 e. The number of rotatable bonds is 5. The van der Waals surface area contributed by atoms with Crippen molar-refractivity contribution in [2.45, 2.75) is 6.92 Å². The third kappa shape index (κ3) is 5.76. The van der Waals surface area contributed by atoms with E-state index in [0.717, 1.165) is 6.54 Å². The molecule has 0 aromatic carbocycles. The van der Waals surface area contributed by atoms with Gasteiger partial charge in [-0.15, -0.1) is 0 Å². The van der Waals surface area contributed by atoms with E-state index in [2.05, 4.69) is 5.32 Å². The van der Waals surface area contributed by atoms with Gasteiger partial charge in [0.05, 0.1) is 6.61 Å². The van der Waals surface area contributed by atoms with Crippen molar-refractivity contribution in [3.05, 3.63) is 0 Å². The highest BCUT2D eigenvalue weighted by molar-refractivity contribution is 4.53. The van der Waals surface area contributed by atoms with Gasteiger partial charge in [0.2, 0.25) is 0 Å². The van der Waals surface area contributed by atoms with Crippen LogP contribution in [0.3, 0.4) is 0 Å². The van der Waals surface area contributed by atoms with Gasteiger partial charge in [-0.25, -0.2) is 0 Å². The van der Waals surface area contributed by atoms with Gasteiger partial charge in [0.1, 0.15) is 0 Å². The zero-order valence-electron chi connectivity index (χ0n) is 5.80. The molecule has 9 heavy (non-hydrogen) atoms. The number of aliphatic hydroxyl groups excluding tert-OH is 2. The molecule has 0 bridgehead atoms. The second kappa shape index (κ2) is 6.01. The highest BCUT2D eigenvalue weighted by Gasteiger charge is 1.96. The molecule has 0 rings (SSSR count). The van der Waals surface area contributed by atoms with Gasteiger partial charge in [0.25, 0.3) is 0 Å². The van der Waals surface area contributed by atoms with E-state index in [0.29, 0.717) is 6.54 Å². The second-order valence-corrected chi connectivity index (χ2v) is 2.22. The number of hydrogen-bond acceptors (Lipinski definition) is 3. The summed E-state index contributed by atoms with van der Waals surface area (Å²) < 4.78 is 0. The summed E-state index contributed by atoms with van der Waals surface area (Å²) in [4.78, 5) is 0. The molecule has 0 aliphatic heterocycles. The summed E-state index contributed by atoms with van der Waals surface area (Å²) in [5.41, 5.74) is 0. The van der Waals surface area contributed by atoms with Crippen LogP contribution in [0.15, 0.2) is 0 Å². The summed E-state index contributed by atoms with van der Waals surface area (Å²) in [6.07, 6.45) is 0. The first kappa shape index (κ1) is 8.88. The Morgan fingerprint density at radius 1 is 1.44 bits per heavy atom. The fourth-order valence-corrected chi connectivity index (χ4v) is 0.492. The Hall–Kier alpha value is -0.120. The number of hydrogen-bond donors (Lipinski definition) is 3. The lowest BCUT2D eigenvalue weighted by Gasteiger charge is -2.06. The van der Waals surface area contributed by atoms with E-state index in [1.54, 1.807) is 0 Å². The summed E-state index contributed by atoms with van der Waals surface area (Å²) in [7, 11) is 0. The Morgan fingerprint density at radius 2 is 2.11 bits per heavy atom. The van der Waals surface area contributed by atoms with Crippen molar-refractivity contribution in [3.63, 3.8) is 0 Å². The van der Waals surface area contributed by atoms with E-state index in [9.17, 15) is 0 Å². The van der Waals surface area contributed by atoms with Crippen LogP contribution < -0.4 is 5.32 Å². The smallest absolute Gasteiger partial charge is 0.0555 e.